The third-order valence-electron chi connectivity index (χ3n) is 2.90. The van der Waals surface area contributed by atoms with E-state index >= 15 is 0 Å². The Bertz CT molecular complexity index is 369. The lowest BCUT2D eigenvalue weighted by Gasteiger charge is -2.21. The summed E-state index contributed by atoms with van der Waals surface area (Å²) < 4.78 is 19.0. The van der Waals surface area contributed by atoms with Gasteiger partial charge in [0, 0.05) is 17.7 Å². The molecule has 1 unspecified atom stereocenters. The minimum Gasteiger partial charge on any atom is -0.497 e. The van der Waals surface area contributed by atoms with Crippen molar-refractivity contribution >= 4 is 0 Å². The first-order chi connectivity index (χ1) is 8.58. The van der Waals surface area contributed by atoms with Crippen molar-refractivity contribution in [1.29, 1.82) is 0 Å². The Hall–Kier alpha value is -1.13. The van der Waals surface area contributed by atoms with Gasteiger partial charge in [-0.2, -0.15) is 0 Å². The van der Waals surface area contributed by atoms with Gasteiger partial charge in [-0.15, -0.1) is 0 Å². The van der Waals surface area contributed by atoms with Crippen molar-refractivity contribution in [1.82, 2.24) is 10.2 Å². The van der Waals surface area contributed by atoms with Gasteiger partial charge >= 0.3 is 0 Å². The van der Waals surface area contributed by atoms with Gasteiger partial charge in [0.15, 0.2) is 0 Å². The van der Waals surface area contributed by atoms with Crippen LogP contribution in [-0.4, -0.2) is 39.2 Å². The van der Waals surface area contributed by atoms with Crippen LogP contribution in [-0.2, 0) is 0 Å². The maximum absolute atomic E-state index is 14.0. The number of rotatable bonds is 7. The summed E-state index contributed by atoms with van der Waals surface area (Å²) >= 11 is 0. The topological polar surface area (TPSA) is 24.5 Å². The van der Waals surface area contributed by atoms with Gasteiger partial charge in [-0.05, 0) is 39.7 Å². The predicted octanol–water partition coefficient (Wildman–Crippen LogP) is 2.44. The van der Waals surface area contributed by atoms with Crippen molar-refractivity contribution in [2.24, 2.45) is 0 Å². The van der Waals surface area contributed by atoms with E-state index in [-0.39, 0.29) is 11.9 Å². The molecule has 0 aliphatic carbocycles. The Morgan fingerprint density at radius 2 is 2.11 bits per heavy atom. The number of ether oxygens (including phenoxy) is 1. The van der Waals surface area contributed by atoms with E-state index in [1.54, 1.807) is 19.2 Å². The van der Waals surface area contributed by atoms with Crippen LogP contribution in [0.15, 0.2) is 18.2 Å². The van der Waals surface area contributed by atoms with Crippen molar-refractivity contribution in [3.63, 3.8) is 0 Å². The largest absolute Gasteiger partial charge is 0.497 e. The molecule has 0 aromatic heterocycles. The standard InChI is InChI=1S/C14H23FN2O/c1-5-16-14(8-9-17(2)3)12-7-6-11(18-4)10-13(12)15/h6-7,10,14,16H,5,8-9H2,1-4H3. The fourth-order valence-electron chi connectivity index (χ4n) is 1.92. The molecule has 4 heteroatoms. The van der Waals surface area contributed by atoms with Gasteiger partial charge in [-0.3, -0.25) is 0 Å². The molecule has 3 nitrogen and oxygen atoms in total. The molecule has 0 amide bonds. The number of halogens is 1. The Morgan fingerprint density at radius 3 is 2.61 bits per heavy atom. The third-order valence-corrected chi connectivity index (χ3v) is 2.90. The maximum atomic E-state index is 14.0. The second-order valence-electron chi connectivity index (χ2n) is 4.59. The number of methoxy groups -OCH3 is 1. The van der Waals surface area contributed by atoms with Crippen LogP contribution in [0.3, 0.4) is 0 Å². The zero-order chi connectivity index (χ0) is 13.5. The van der Waals surface area contributed by atoms with Crippen LogP contribution in [0, 0.1) is 5.82 Å². The van der Waals surface area contributed by atoms with Gasteiger partial charge < -0.3 is 15.0 Å². The predicted molar refractivity (Wildman–Crippen MR) is 72.5 cm³/mol. The lowest BCUT2D eigenvalue weighted by atomic mass is 10.0. The molecule has 102 valence electrons. The summed E-state index contributed by atoms with van der Waals surface area (Å²) in [6, 6.07) is 5.09. The number of hydrogen-bond donors (Lipinski definition) is 1. The minimum atomic E-state index is -0.209. The van der Waals surface area contributed by atoms with E-state index in [0.717, 1.165) is 19.5 Å². The van der Waals surface area contributed by atoms with Crippen LogP contribution in [0.2, 0.25) is 0 Å². The lowest BCUT2D eigenvalue weighted by molar-refractivity contribution is 0.358. The SMILES string of the molecule is CCNC(CCN(C)C)c1ccc(OC)cc1F. The zero-order valence-electron chi connectivity index (χ0n) is 11.7. The second-order valence-corrected chi connectivity index (χ2v) is 4.59. The number of nitrogens with zero attached hydrogens (tertiary/aromatic N) is 1. The van der Waals surface area contributed by atoms with Crippen LogP contribution >= 0.6 is 0 Å². The van der Waals surface area contributed by atoms with Crippen molar-refractivity contribution in [3.8, 4) is 5.75 Å². The molecule has 0 spiro atoms. The molecule has 1 aromatic rings. The summed E-state index contributed by atoms with van der Waals surface area (Å²) in [5.41, 5.74) is 0.708. The van der Waals surface area contributed by atoms with Crippen LogP contribution in [0.25, 0.3) is 0 Å². The molecule has 0 aliphatic rings. The molecule has 0 radical (unpaired) electrons. The van der Waals surface area contributed by atoms with E-state index in [0.29, 0.717) is 11.3 Å². The molecule has 0 bridgehead atoms. The number of benzene rings is 1. The summed E-state index contributed by atoms with van der Waals surface area (Å²) in [4.78, 5) is 2.10. The molecule has 18 heavy (non-hydrogen) atoms. The highest BCUT2D eigenvalue weighted by molar-refractivity contribution is 5.30. The molecular formula is C14H23FN2O. The van der Waals surface area contributed by atoms with Crippen molar-refractivity contribution in [3.05, 3.63) is 29.6 Å². The lowest BCUT2D eigenvalue weighted by Crippen LogP contribution is -2.26. The molecule has 0 aliphatic heterocycles. The molecule has 1 atom stereocenters. The first-order valence-electron chi connectivity index (χ1n) is 6.30. The Labute approximate surface area is 109 Å². The van der Waals surface area contributed by atoms with E-state index in [4.69, 9.17) is 4.74 Å². The molecule has 0 saturated heterocycles. The first kappa shape index (κ1) is 14.9. The fourth-order valence-corrected chi connectivity index (χ4v) is 1.92. The molecular weight excluding hydrogens is 231 g/mol. The van der Waals surface area contributed by atoms with E-state index in [9.17, 15) is 4.39 Å². The summed E-state index contributed by atoms with van der Waals surface area (Å²) in [6.07, 6.45) is 0.879. The molecule has 0 heterocycles. The van der Waals surface area contributed by atoms with E-state index in [1.807, 2.05) is 21.0 Å². The highest BCUT2D eigenvalue weighted by Crippen LogP contribution is 2.24. The van der Waals surface area contributed by atoms with Crippen molar-refractivity contribution in [2.75, 3.05) is 34.3 Å². The fraction of sp³-hybridized carbons (Fsp3) is 0.571. The molecule has 0 fully saturated rings. The normalized spacial score (nSPS) is 12.8. The summed E-state index contributed by atoms with van der Waals surface area (Å²) in [7, 11) is 5.59. The zero-order valence-corrected chi connectivity index (χ0v) is 11.7. The molecule has 1 aromatic carbocycles. The molecule has 0 saturated carbocycles. The average Bonchev–Trinajstić information content (AvgIpc) is 2.34. The Balaban J connectivity index is 2.84. The quantitative estimate of drug-likeness (QED) is 0.809. The van der Waals surface area contributed by atoms with Gasteiger partial charge in [0.05, 0.1) is 7.11 Å². The van der Waals surface area contributed by atoms with Crippen LogP contribution in [0.5, 0.6) is 5.75 Å². The van der Waals surface area contributed by atoms with E-state index in [1.165, 1.54) is 6.07 Å². The molecule has 1 N–H and O–H groups in total. The number of hydrogen-bond acceptors (Lipinski definition) is 3. The maximum Gasteiger partial charge on any atom is 0.131 e. The summed E-state index contributed by atoms with van der Waals surface area (Å²) in [5, 5.41) is 3.33. The van der Waals surface area contributed by atoms with Crippen LogP contribution in [0.1, 0.15) is 24.9 Å². The van der Waals surface area contributed by atoms with Crippen molar-refractivity contribution in [2.45, 2.75) is 19.4 Å². The summed E-state index contributed by atoms with van der Waals surface area (Å²) in [6.45, 7) is 3.77. The highest BCUT2D eigenvalue weighted by Gasteiger charge is 2.15. The Kier molecular flexibility index (Phi) is 6.09. The van der Waals surface area contributed by atoms with Gasteiger partial charge in [0.25, 0.3) is 0 Å². The van der Waals surface area contributed by atoms with Gasteiger partial charge in [0.1, 0.15) is 11.6 Å². The van der Waals surface area contributed by atoms with E-state index < -0.39 is 0 Å². The van der Waals surface area contributed by atoms with Crippen LogP contribution in [0.4, 0.5) is 4.39 Å². The molecule has 1 rings (SSSR count). The first-order valence-corrected chi connectivity index (χ1v) is 6.30. The number of nitrogens with one attached hydrogen (secondary N) is 1. The van der Waals surface area contributed by atoms with Gasteiger partial charge in [0.2, 0.25) is 0 Å². The van der Waals surface area contributed by atoms with Crippen molar-refractivity contribution < 1.29 is 9.13 Å². The minimum absolute atomic E-state index is 0.0447. The average molecular weight is 254 g/mol. The monoisotopic (exact) mass is 254 g/mol. The van der Waals surface area contributed by atoms with E-state index in [2.05, 4.69) is 10.2 Å². The highest BCUT2D eigenvalue weighted by atomic mass is 19.1. The smallest absolute Gasteiger partial charge is 0.131 e. The van der Waals surface area contributed by atoms with Gasteiger partial charge in [-0.25, -0.2) is 4.39 Å². The van der Waals surface area contributed by atoms with Crippen LogP contribution < -0.4 is 10.1 Å². The third kappa shape index (κ3) is 4.27. The Morgan fingerprint density at radius 1 is 1.39 bits per heavy atom. The summed E-state index contributed by atoms with van der Waals surface area (Å²) in [5.74, 6) is 0.346. The van der Waals surface area contributed by atoms with Gasteiger partial charge in [-0.1, -0.05) is 13.0 Å². The second kappa shape index (κ2) is 7.34.